The van der Waals surface area contributed by atoms with Crippen LogP contribution in [0.5, 0.6) is 0 Å². The molecule has 120 valence electrons. The maximum absolute atomic E-state index is 12.7. The van der Waals surface area contributed by atoms with Crippen molar-refractivity contribution in [1.29, 1.82) is 0 Å². The van der Waals surface area contributed by atoms with Gasteiger partial charge in [0.25, 0.3) is 5.91 Å². The number of hydrogen-bond acceptors (Lipinski definition) is 2. The monoisotopic (exact) mass is 308 g/mol. The van der Waals surface area contributed by atoms with Gasteiger partial charge in [-0.2, -0.15) is 0 Å². The van der Waals surface area contributed by atoms with Gasteiger partial charge in [0.15, 0.2) is 0 Å². The van der Waals surface area contributed by atoms with Crippen LogP contribution in [0.2, 0.25) is 0 Å². The van der Waals surface area contributed by atoms with Gasteiger partial charge in [-0.1, -0.05) is 30.3 Å². The zero-order chi connectivity index (χ0) is 15.9. The second-order valence-electron chi connectivity index (χ2n) is 7.12. The third-order valence-electron chi connectivity index (χ3n) is 5.73. The lowest BCUT2D eigenvalue weighted by atomic mass is 9.93. The molecule has 3 heteroatoms. The van der Waals surface area contributed by atoms with Gasteiger partial charge in [-0.15, -0.1) is 0 Å². The molecule has 23 heavy (non-hydrogen) atoms. The van der Waals surface area contributed by atoms with E-state index in [1.54, 1.807) is 0 Å². The quantitative estimate of drug-likeness (QED) is 0.941. The number of amides is 1. The fourth-order valence-electron chi connectivity index (χ4n) is 4.45. The van der Waals surface area contributed by atoms with Crippen LogP contribution in [0, 0.1) is 6.92 Å². The second kappa shape index (κ2) is 5.64. The van der Waals surface area contributed by atoms with Crippen LogP contribution in [-0.4, -0.2) is 36.0 Å². The molecule has 0 aliphatic carbocycles. The third kappa shape index (κ3) is 2.53. The van der Waals surface area contributed by atoms with Gasteiger partial charge < -0.3 is 5.32 Å². The van der Waals surface area contributed by atoms with Gasteiger partial charge in [0.05, 0.1) is 0 Å². The van der Waals surface area contributed by atoms with Crippen LogP contribution in [-0.2, 0) is 0 Å². The minimum atomic E-state index is 0.0707. The summed E-state index contributed by atoms with van der Waals surface area (Å²) in [5, 5.41) is 5.55. The molecule has 0 atom stereocenters. The maximum atomic E-state index is 12.7. The van der Waals surface area contributed by atoms with Gasteiger partial charge >= 0.3 is 0 Å². The minimum absolute atomic E-state index is 0.0707. The molecular formula is C20H24N2O. The Bertz CT molecular complexity index is 742. The van der Waals surface area contributed by atoms with Crippen molar-refractivity contribution in [1.82, 2.24) is 10.2 Å². The first kappa shape index (κ1) is 14.7. The van der Waals surface area contributed by atoms with Gasteiger partial charge in [-0.25, -0.2) is 0 Å². The molecular weight excluding hydrogens is 284 g/mol. The zero-order valence-electron chi connectivity index (χ0n) is 13.8. The number of hydrogen-bond donors (Lipinski definition) is 1. The van der Waals surface area contributed by atoms with Crippen molar-refractivity contribution in [2.45, 2.75) is 38.1 Å². The molecule has 0 spiro atoms. The summed E-state index contributed by atoms with van der Waals surface area (Å²) in [5.74, 6) is 0.0707. The van der Waals surface area contributed by atoms with Crippen LogP contribution in [0.1, 0.15) is 41.6 Å². The van der Waals surface area contributed by atoms with Crippen molar-refractivity contribution < 1.29 is 4.79 Å². The van der Waals surface area contributed by atoms with Crippen LogP contribution in [0.3, 0.4) is 0 Å². The van der Waals surface area contributed by atoms with E-state index < -0.39 is 0 Å². The molecule has 2 heterocycles. The van der Waals surface area contributed by atoms with Gasteiger partial charge in [0.2, 0.25) is 0 Å². The number of nitrogens with zero attached hydrogens (tertiary/aromatic N) is 1. The molecule has 2 aromatic rings. The first-order valence-corrected chi connectivity index (χ1v) is 8.71. The number of rotatable bonds is 3. The highest BCUT2D eigenvalue weighted by Crippen LogP contribution is 2.38. The number of carbonyl (C=O) groups is 1. The predicted octanol–water partition coefficient (Wildman–Crippen LogP) is 3.51. The van der Waals surface area contributed by atoms with Gasteiger partial charge in [-0.05, 0) is 68.1 Å². The summed E-state index contributed by atoms with van der Waals surface area (Å²) in [6, 6.07) is 12.4. The highest BCUT2D eigenvalue weighted by molar-refractivity contribution is 6.00. The van der Waals surface area contributed by atoms with E-state index in [-0.39, 0.29) is 11.4 Å². The van der Waals surface area contributed by atoms with Gasteiger partial charge in [0.1, 0.15) is 0 Å². The van der Waals surface area contributed by atoms with Crippen LogP contribution >= 0.6 is 0 Å². The Hall–Kier alpha value is -1.87. The largest absolute Gasteiger partial charge is 0.350 e. The molecule has 0 aromatic heterocycles. The molecule has 0 saturated carbocycles. The molecule has 0 unspecified atom stereocenters. The summed E-state index contributed by atoms with van der Waals surface area (Å²) >= 11 is 0. The highest BCUT2D eigenvalue weighted by atomic mass is 16.1. The Morgan fingerprint density at radius 1 is 1.13 bits per heavy atom. The molecule has 1 amide bonds. The van der Waals surface area contributed by atoms with Crippen LogP contribution in [0.15, 0.2) is 36.4 Å². The van der Waals surface area contributed by atoms with E-state index >= 15 is 0 Å². The Morgan fingerprint density at radius 3 is 2.48 bits per heavy atom. The van der Waals surface area contributed by atoms with E-state index in [2.05, 4.69) is 28.4 Å². The lowest BCUT2D eigenvalue weighted by molar-refractivity contribution is 0.0919. The van der Waals surface area contributed by atoms with Crippen LogP contribution < -0.4 is 5.32 Å². The molecule has 0 radical (unpaired) electrons. The molecule has 0 bridgehead atoms. The van der Waals surface area contributed by atoms with Crippen LogP contribution in [0.25, 0.3) is 10.8 Å². The normalized spacial score (nSPS) is 19.9. The molecule has 2 aliphatic rings. The number of carbonyl (C=O) groups excluding carboxylic acids is 1. The average molecular weight is 308 g/mol. The summed E-state index contributed by atoms with van der Waals surface area (Å²) in [7, 11) is 0. The minimum Gasteiger partial charge on any atom is -0.350 e. The fraction of sp³-hybridized carbons (Fsp3) is 0.450. The Kier molecular flexibility index (Phi) is 3.61. The summed E-state index contributed by atoms with van der Waals surface area (Å²) < 4.78 is 0. The van der Waals surface area contributed by atoms with Crippen molar-refractivity contribution >= 4 is 16.7 Å². The van der Waals surface area contributed by atoms with Crippen molar-refractivity contribution in [3.63, 3.8) is 0 Å². The van der Waals surface area contributed by atoms with E-state index in [1.807, 2.05) is 25.1 Å². The van der Waals surface area contributed by atoms with E-state index in [0.717, 1.165) is 23.1 Å². The lowest BCUT2D eigenvalue weighted by Crippen LogP contribution is -2.48. The summed E-state index contributed by atoms with van der Waals surface area (Å²) in [4.78, 5) is 15.3. The first-order chi connectivity index (χ1) is 11.2. The maximum Gasteiger partial charge on any atom is 0.251 e. The Morgan fingerprint density at radius 2 is 1.78 bits per heavy atom. The van der Waals surface area contributed by atoms with E-state index in [9.17, 15) is 4.79 Å². The lowest BCUT2D eigenvalue weighted by Gasteiger charge is -2.32. The Labute approximate surface area is 137 Å². The van der Waals surface area contributed by atoms with E-state index in [1.165, 1.54) is 44.2 Å². The van der Waals surface area contributed by atoms with E-state index in [4.69, 9.17) is 0 Å². The number of benzene rings is 2. The molecule has 4 rings (SSSR count). The fourth-order valence-corrected chi connectivity index (χ4v) is 4.45. The highest BCUT2D eigenvalue weighted by Gasteiger charge is 2.44. The van der Waals surface area contributed by atoms with Gasteiger partial charge in [0, 0.05) is 17.6 Å². The molecule has 1 N–H and O–H groups in total. The number of aryl methyl sites for hydroxylation is 1. The third-order valence-corrected chi connectivity index (χ3v) is 5.73. The van der Waals surface area contributed by atoms with Crippen LogP contribution in [0.4, 0.5) is 0 Å². The van der Waals surface area contributed by atoms with Crippen molar-refractivity contribution in [2.75, 3.05) is 19.6 Å². The molecule has 2 fully saturated rings. The van der Waals surface area contributed by atoms with Gasteiger partial charge in [-0.3, -0.25) is 9.69 Å². The first-order valence-electron chi connectivity index (χ1n) is 8.71. The summed E-state index contributed by atoms with van der Waals surface area (Å²) in [5.41, 5.74) is 2.09. The molecule has 2 aliphatic heterocycles. The SMILES string of the molecule is Cc1cc2ccccc2cc1C(=O)NCC12CCCN1CCC2. The van der Waals surface area contributed by atoms with E-state index in [0.29, 0.717) is 0 Å². The Balaban J connectivity index is 1.54. The average Bonchev–Trinajstić information content (AvgIpc) is 3.12. The predicted molar refractivity (Wildman–Crippen MR) is 93.8 cm³/mol. The van der Waals surface area contributed by atoms with Crippen molar-refractivity contribution in [2.24, 2.45) is 0 Å². The molecule has 2 saturated heterocycles. The number of nitrogens with one attached hydrogen (secondary N) is 1. The topological polar surface area (TPSA) is 32.3 Å². The standard InChI is InChI=1S/C20H24N2O/c1-15-12-16-6-2-3-7-17(16)13-18(15)19(23)21-14-20-8-4-10-22(20)11-5-9-20/h2-3,6-7,12-13H,4-5,8-11,14H2,1H3,(H,21,23). The van der Waals surface area contributed by atoms with Crippen molar-refractivity contribution in [3.8, 4) is 0 Å². The molecule has 2 aromatic carbocycles. The number of fused-ring (bicyclic) bond motifs is 2. The zero-order valence-corrected chi connectivity index (χ0v) is 13.8. The van der Waals surface area contributed by atoms with Crippen molar-refractivity contribution in [3.05, 3.63) is 47.5 Å². The molecule has 3 nitrogen and oxygen atoms in total. The second-order valence-corrected chi connectivity index (χ2v) is 7.12. The summed E-state index contributed by atoms with van der Waals surface area (Å²) in [6.07, 6.45) is 4.99. The summed E-state index contributed by atoms with van der Waals surface area (Å²) in [6.45, 7) is 5.21. The smallest absolute Gasteiger partial charge is 0.251 e.